The molecule has 12 heteroatoms. The van der Waals surface area contributed by atoms with Gasteiger partial charge in [0.25, 0.3) is 0 Å². The number of carbonyl (C=O) groups is 4. The molecule has 0 bridgehead atoms. The number of methoxy groups -OCH3 is 1. The average Bonchev–Trinajstić information content (AvgIpc) is 2.88. The molecule has 0 saturated carbocycles. The van der Waals surface area contributed by atoms with E-state index in [9.17, 15) is 19.2 Å². The van der Waals surface area contributed by atoms with Gasteiger partial charge in [-0.1, -0.05) is 33.3 Å². The summed E-state index contributed by atoms with van der Waals surface area (Å²) in [6.45, 7) is 15.9. The van der Waals surface area contributed by atoms with Gasteiger partial charge in [0.05, 0.1) is 7.11 Å². The third-order valence-corrected chi connectivity index (χ3v) is 6.87. The van der Waals surface area contributed by atoms with Crippen molar-refractivity contribution in [1.82, 2.24) is 0 Å². The van der Waals surface area contributed by atoms with E-state index in [1.165, 1.54) is 19.2 Å². The summed E-state index contributed by atoms with van der Waals surface area (Å²) in [6, 6.07) is 4.32. The van der Waals surface area contributed by atoms with Crippen LogP contribution < -0.4 is 15.2 Å². The second kappa shape index (κ2) is 16.3. The summed E-state index contributed by atoms with van der Waals surface area (Å²) in [6.07, 6.45) is -1.71. The molecule has 1 unspecified atom stereocenters. The second-order valence-corrected chi connectivity index (χ2v) is 11.8. The van der Waals surface area contributed by atoms with Gasteiger partial charge in [-0.15, -0.1) is 0 Å². The zero-order valence-electron chi connectivity index (χ0n) is 27.2. The minimum atomic E-state index is -1.65. The summed E-state index contributed by atoms with van der Waals surface area (Å²) in [5.74, 6) is -1.04. The van der Waals surface area contributed by atoms with Crippen LogP contribution in [0, 0.1) is 0 Å². The molecule has 0 aliphatic heterocycles. The summed E-state index contributed by atoms with van der Waals surface area (Å²) in [5.41, 5.74) is 3.68. The van der Waals surface area contributed by atoms with Crippen LogP contribution in [0.5, 0.6) is 11.5 Å². The van der Waals surface area contributed by atoms with Crippen molar-refractivity contribution in [3.8, 4) is 11.5 Å². The predicted molar refractivity (Wildman–Crippen MR) is 158 cm³/mol. The Kier molecular flexibility index (Phi) is 14.2. The Morgan fingerprint density at radius 1 is 0.791 bits per heavy atom. The monoisotopic (exact) mass is 611 g/mol. The molecule has 0 aliphatic rings. The number of nitrogens with two attached hydrogens (primary N) is 1. The van der Waals surface area contributed by atoms with E-state index in [1.54, 1.807) is 47.6 Å². The van der Waals surface area contributed by atoms with Crippen molar-refractivity contribution in [1.29, 1.82) is 0 Å². The van der Waals surface area contributed by atoms with Crippen LogP contribution in [-0.2, 0) is 34.9 Å². The molecule has 1 aromatic carbocycles. The smallest absolute Gasteiger partial charge is 0.468 e. The van der Waals surface area contributed by atoms with Gasteiger partial charge < -0.3 is 38.9 Å². The van der Waals surface area contributed by atoms with Crippen LogP contribution in [0.1, 0.15) is 100.0 Å². The Labute approximate surface area is 254 Å². The number of ether oxygens (including phenoxy) is 7. The maximum atomic E-state index is 12.8. The normalized spacial score (nSPS) is 14.4. The van der Waals surface area contributed by atoms with E-state index < -0.39 is 47.3 Å². The molecule has 3 atom stereocenters. The zero-order chi connectivity index (χ0) is 33.0. The highest BCUT2D eigenvalue weighted by Crippen LogP contribution is 2.33. The molecule has 244 valence electrons. The van der Waals surface area contributed by atoms with Crippen LogP contribution in [-0.4, -0.2) is 60.5 Å². The van der Waals surface area contributed by atoms with Gasteiger partial charge in [-0.05, 0) is 78.5 Å². The summed E-state index contributed by atoms with van der Waals surface area (Å²) in [5, 5.41) is 0. The molecule has 0 radical (unpaired) electrons. The van der Waals surface area contributed by atoms with E-state index in [1.807, 2.05) is 20.8 Å². The van der Waals surface area contributed by atoms with Crippen molar-refractivity contribution in [2.45, 2.75) is 130 Å². The molecule has 0 aliphatic carbocycles. The Morgan fingerprint density at radius 3 is 1.79 bits per heavy atom. The average molecular weight is 612 g/mol. The highest BCUT2D eigenvalue weighted by atomic mass is 16.8. The Hall–Kier alpha value is -3.54. The second-order valence-electron chi connectivity index (χ2n) is 11.8. The van der Waals surface area contributed by atoms with E-state index in [0.717, 1.165) is 6.42 Å². The largest absolute Gasteiger partial charge is 0.514 e. The van der Waals surface area contributed by atoms with Gasteiger partial charge in [-0.2, -0.15) is 0 Å². The molecule has 12 nitrogen and oxygen atoms in total. The van der Waals surface area contributed by atoms with Gasteiger partial charge in [-0.25, -0.2) is 14.4 Å². The lowest BCUT2D eigenvalue weighted by molar-refractivity contribution is -0.148. The molecule has 43 heavy (non-hydrogen) atoms. The molecule has 0 fully saturated rings. The Balaban J connectivity index is 3.29. The van der Waals surface area contributed by atoms with Crippen LogP contribution in [0.15, 0.2) is 18.2 Å². The maximum Gasteiger partial charge on any atom is 0.514 e. The Bertz CT molecular complexity index is 1100. The first-order valence-electron chi connectivity index (χ1n) is 14.6. The topological polar surface area (TPSA) is 159 Å². The molecule has 1 aromatic rings. The Morgan fingerprint density at radius 2 is 1.30 bits per heavy atom. The molecule has 0 aromatic heterocycles. The van der Waals surface area contributed by atoms with Gasteiger partial charge in [0.1, 0.15) is 28.9 Å². The molecule has 0 saturated heterocycles. The van der Waals surface area contributed by atoms with E-state index in [0.29, 0.717) is 24.8 Å². The third-order valence-electron chi connectivity index (χ3n) is 6.87. The third kappa shape index (κ3) is 13.1. The lowest BCUT2D eigenvalue weighted by atomic mass is 9.86. The maximum absolute atomic E-state index is 12.8. The summed E-state index contributed by atoms with van der Waals surface area (Å²) in [7, 11) is 1.19. The first-order chi connectivity index (χ1) is 19.9. The van der Waals surface area contributed by atoms with Crippen molar-refractivity contribution < 1.29 is 52.3 Å². The minimum absolute atomic E-state index is 0.115. The van der Waals surface area contributed by atoms with Crippen molar-refractivity contribution in [2.75, 3.05) is 7.11 Å². The number of esters is 1. The van der Waals surface area contributed by atoms with Crippen LogP contribution in [0.2, 0.25) is 0 Å². The molecule has 0 spiro atoms. The van der Waals surface area contributed by atoms with Gasteiger partial charge in [0.15, 0.2) is 11.5 Å². The SMILES string of the molecule is CCC[C@H](C)OC(=O)O[C@@H](C)CC(N)(Cc1ccc(OC(=O)OC(C)(C)CC)c(OC(=O)OC(C)(C)CC)c1)C(=O)OC. The number of rotatable bonds is 15. The van der Waals surface area contributed by atoms with Crippen molar-refractivity contribution in [3.63, 3.8) is 0 Å². The predicted octanol–water partition coefficient (Wildman–Crippen LogP) is 6.63. The lowest BCUT2D eigenvalue weighted by Crippen LogP contribution is -2.53. The number of benzene rings is 1. The number of hydrogen-bond acceptors (Lipinski definition) is 12. The van der Waals surface area contributed by atoms with Crippen LogP contribution in [0.3, 0.4) is 0 Å². The van der Waals surface area contributed by atoms with Crippen LogP contribution >= 0.6 is 0 Å². The quantitative estimate of drug-likeness (QED) is 0.128. The highest BCUT2D eigenvalue weighted by molar-refractivity contribution is 5.81. The zero-order valence-corrected chi connectivity index (χ0v) is 27.2. The van der Waals surface area contributed by atoms with Gasteiger partial charge >= 0.3 is 24.4 Å². The van der Waals surface area contributed by atoms with Gasteiger partial charge in [-0.3, -0.25) is 4.79 Å². The van der Waals surface area contributed by atoms with Crippen molar-refractivity contribution >= 4 is 24.4 Å². The molecule has 0 amide bonds. The fourth-order valence-corrected chi connectivity index (χ4v) is 3.81. The summed E-state index contributed by atoms with van der Waals surface area (Å²) < 4.78 is 37.1. The van der Waals surface area contributed by atoms with E-state index in [-0.39, 0.29) is 30.4 Å². The highest BCUT2D eigenvalue weighted by Gasteiger charge is 2.39. The minimum Gasteiger partial charge on any atom is -0.468 e. The van der Waals surface area contributed by atoms with Crippen molar-refractivity contribution in [2.24, 2.45) is 5.73 Å². The van der Waals surface area contributed by atoms with Crippen LogP contribution in [0.4, 0.5) is 14.4 Å². The van der Waals surface area contributed by atoms with E-state index >= 15 is 0 Å². The first kappa shape index (κ1) is 37.5. The fraction of sp³-hybridized carbons (Fsp3) is 0.677. The first-order valence-corrected chi connectivity index (χ1v) is 14.6. The van der Waals surface area contributed by atoms with Gasteiger partial charge in [0, 0.05) is 12.8 Å². The molecule has 1 rings (SSSR count). The van der Waals surface area contributed by atoms with E-state index in [4.69, 9.17) is 38.9 Å². The number of carbonyl (C=O) groups excluding carboxylic acids is 4. The van der Waals surface area contributed by atoms with Gasteiger partial charge in [0.2, 0.25) is 0 Å². The number of hydrogen-bond donors (Lipinski definition) is 1. The fourth-order valence-electron chi connectivity index (χ4n) is 3.81. The lowest BCUT2D eigenvalue weighted by Gasteiger charge is -2.29. The van der Waals surface area contributed by atoms with Crippen molar-refractivity contribution in [3.05, 3.63) is 23.8 Å². The standard InChI is InChI=1S/C31H49NO11/c1-11-14-20(4)38-26(34)39-21(5)18-31(32,25(33)37-10)19-22-15-16-23(40-27(35)42-29(6,7)12-2)24(17-22)41-28(36)43-30(8,9)13-3/h15-17,20-21H,11-14,18-19,32H2,1-10H3/t20-,21-,31?/m0/s1. The molecule has 2 N–H and O–H groups in total. The molecule has 0 heterocycles. The van der Waals surface area contributed by atoms with Crippen LogP contribution in [0.25, 0.3) is 0 Å². The summed E-state index contributed by atoms with van der Waals surface area (Å²) in [4.78, 5) is 50.2. The molecular formula is C31H49NO11. The summed E-state index contributed by atoms with van der Waals surface area (Å²) >= 11 is 0. The van der Waals surface area contributed by atoms with E-state index in [2.05, 4.69) is 0 Å². The molecular weight excluding hydrogens is 562 g/mol.